The molecule has 0 radical (unpaired) electrons. The number of nitrogens with zero attached hydrogens (tertiary/aromatic N) is 2. The summed E-state index contributed by atoms with van der Waals surface area (Å²) < 4.78 is 2.21. The van der Waals surface area contributed by atoms with Crippen LogP contribution in [0, 0.1) is 12.3 Å². The van der Waals surface area contributed by atoms with E-state index in [1.807, 2.05) is 6.92 Å². The molecule has 2 heterocycles. The summed E-state index contributed by atoms with van der Waals surface area (Å²) in [5, 5.41) is 3.51. The standard InChI is InChI=1S/C11H19N3/c1-8-7-14-6-5-9(11(2,3)4)13-10(14)12-8/h7,9H,5-6H2,1-4H3,(H,12,13). The van der Waals surface area contributed by atoms with Crippen LogP contribution in [0.1, 0.15) is 32.9 Å². The van der Waals surface area contributed by atoms with Gasteiger partial charge in [-0.05, 0) is 18.8 Å². The summed E-state index contributed by atoms with van der Waals surface area (Å²) in [6.45, 7) is 9.95. The Balaban J connectivity index is 2.21. The van der Waals surface area contributed by atoms with Gasteiger partial charge in [0.15, 0.2) is 0 Å². The Bertz CT molecular complexity index is 333. The average molecular weight is 193 g/mol. The van der Waals surface area contributed by atoms with Gasteiger partial charge >= 0.3 is 0 Å². The fraction of sp³-hybridized carbons (Fsp3) is 0.727. The molecule has 1 unspecified atom stereocenters. The fourth-order valence-electron chi connectivity index (χ4n) is 1.98. The number of imidazole rings is 1. The number of hydrogen-bond donors (Lipinski definition) is 1. The van der Waals surface area contributed by atoms with Crippen LogP contribution in [0.25, 0.3) is 0 Å². The Labute approximate surface area is 85.5 Å². The zero-order chi connectivity index (χ0) is 10.3. The smallest absolute Gasteiger partial charge is 0.203 e. The lowest BCUT2D eigenvalue weighted by molar-refractivity contribution is 0.301. The van der Waals surface area contributed by atoms with Crippen molar-refractivity contribution in [1.82, 2.24) is 9.55 Å². The molecule has 0 aliphatic carbocycles. The van der Waals surface area contributed by atoms with Crippen molar-refractivity contribution in [1.29, 1.82) is 0 Å². The highest BCUT2D eigenvalue weighted by Gasteiger charge is 2.28. The van der Waals surface area contributed by atoms with Crippen LogP contribution < -0.4 is 5.32 Å². The van der Waals surface area contributed by atoms with E-state index in [-0.39, 0.29) is 0 Å². The molecule has 1 atom stereocenters. The molecule has 1 aromatic rings. The summed E-state index contributed by atoms with van der Waals surface area (Å²) in [5.41, 5.74) is 1.41. The lowest BCUT2D eigenvalue weighted by Gasteiger charge is -2.35. The van der Waals surface area contributed by atoms with Gasteiger partial charge in [-0.3, -0.25) is 0 Å². The van der Waals surface area contributed by atoms with Crippen LogP contribution >= 0.6 is 0 Å². The predicted molar refractivity (Wildman–Crippen MR) is 58.4 cm³/mol. The van der Waals surface area contributed by atoms with Crippen molar-refractivity contribution < 1.29 is 0 Å². The average Bonchev–Trinajstić information content (AvgIpc) is 2.41. The van der Waals surface area contributed by atoms with Gasteiger partial charge in [-0.2, -0.15) is 0 Å². The second-order valence-corrected chi connectivity index (χ2v) is 5.25. The van der Waals surface area contributed by atoms with Gasteiger partial charge in [0, 0.05) is 18.8 Å². The van der Waals surface area contributed by atoms with Crippen LogP contribution in [0.4, 0.5) is 5.95 Å². The quantitative estimate of drug-likeness (QED) is 0.685. The number of anilines is 1. The third kappa shape index (κ3) is 1.63. The van der Waals surface area contributed by atoms with Gasteiger partial charge < -0.3 is 9.88 Å². The molecule has 3 heteroatoms. The number of hydrogen-bond acceptors (Lipinski definition) is 2. The summed E-state index contributed by atoms with van der Waals surface area (Å²) in [6.07, 6.45) is 3.30. The molecular formula is C11H19N3. The summed E-state index contributed by atoms with van der Waals surface area (Å²) in [5.74, 6) is 1.04. The van der Waals surface area contributed by atoms with E-state index in [0.717, 1.165) is 18.2 Å². The van der Waals surface area contributed by atoms with Crippen LogP contribution in [0.2, 0.25) is 0 Å². The summed E-state index contributed by atoms with van der Waals surface area (Å²) in [4.78, 5) is 4.47. The first kappa shape index (κ1) is 9.56. The van der Waals surface area contributed by atoms with E-state index in [2.05, 4.69) is 41.8 Å². The van der Waals surface area contributed by atoms with Crippen molar-refractivity contribution in [2.24, 2.45) is 5.41 Å². The molecule has 0 saturated carbocycles. The Morgan fingerprint density at radius 2 is 2.21 bits per heavy atom. The SMILES string of the molecule is Cc1cn2c(n1)NC(C(C)(C)C)CC2. The van der Waals surface area contributed by atoms with Gasteiger partial charge in [0.05, 0.1) is 5.69 Å². The number of fused-ring (bicyclic) bond motifs is 1. The Hall–Kier alpha value is -0.990. The molecule has 2 rings (SSSR count). The van der Waals surface area contributed by atoms with Crippen molar-refractivity contribution in [2.45, 2.75) is 46.7 Å². The molecule has 1 N–H and O–H groups in total. The normalized spacial score (nSPS) is 21.6. The minimum absolute atomic E-state index is 0.311. The first-order chi connectivity index (χ1) is 6.47. The molecule has 1 aliphatic rings. The predicted octanol–water partition coefficient (Wildman–Crippen LogP) is 2.42. The second-order valence-electron chi connectivity index (χ2n) is 5.25. The van der Waals surface area contributed by atoms with E-state index in [9.17, 15) is 0 Å². The first-order valence-electron chi connectivity index (χ1n) is 5.27. The topological polar surface area (TPSA) is 29.9 Å². The summed E-state index contributed by atoms with van der Waals surface area (Å²) in [7, 11) is 0. The minimum Gasteiger partial charge on any atom is -0.352 e. The molecule has 3 nitrogen and oxygen atoms in total. The fourth-order valence-corrected chi connectivity index (χ4v) is 1.98. The third-order valence-electron chi connectivity index (χ3n) is 2.90. The molecule has 1 aliphatic heterocycles. The van der Waals surface area contributed by atoms with E-state index >= 15 is 0 Å². The maximum absolute atomic E-state index is 4.47. The molecule has 0 spiro atoms. The maximum Gasteiger partial charge on any atom is 0.203 e. The molecule has 0 saturated heterocycles. The van der Waals surface area contributed by atoms with Crippen molar-refractivity contribution in [2.75, 3.05) is 5.32 Å². The number of aromatic nitrogens is 2. The number of rotatable bonds is 0. The Morgan fingerprint density at radius 3 is 2.86 bits per heavy atom. The largest absolute Gasteiger partial charge is 0.352 e. The summed E-state index contributed by atoms with van der Waals surface area (Å²) >= 11 is 0. The van der Waals surface area contributed by atoms with Crippen molar-refractivity contribution in [3.05, 3.63) is 11.9 Å². The number of nitrogens with one attached hydrogen (secondary N) is 1. The monoisotopic (exact) mass is 193 g/mol. The van der Waals surface area contributed by atoms with E-state index < -0.39 is 0 Å². The van der Waals surface area contributed by atoms with Crippen molar-refractivity contribution in [3.63, 3.8) is 0 Å². The molecule has 78 valence electrons. The van der Waals surface area contributed by atoms with Gasteiger partial charge in [0.1, 0.15) is 0 Å². The van der Waals surface area contributed by atoms with E-state index in [1.165, 1.54) is 6.42 Å². The molecular weight excluding hydrogens is 174 g/mol. The molecule has 0 fully saturated rings. The van der Waals surface area contributed by atoms with Crippen LogP contribution in [0.15, 0.2) is 6.20 Å². The second kappa shape index (κ2) is 3.01. The van der Waals surface area contributed by atoms with E-state index in [1.54, 1.807) is 0 Å². The van der Waals surface area contributed by atoms with Gasteiger partial charge in [-0.15, -0.1) is 0 Å². The van der Waals surface area contributed by atoms with Gasteiger partial charge in [-0.1, -0.05) is 20.8 Å². The first-order valence-corrected chi connectivity index (χ1v) is 5.27. The van der Waals surface area contributed by atoms with E-state index in [4.69, 9.17) is 0 Å². The molecule has 0 bridgehead atoms. The highest BCUT2D eigenvalue weighted by atomic mass is 15.2. The molecule has 0 aromatic carbocycles. The van der Waals surface area contributed by atoms with Gasteiger partial charge in [0.25, 0.3) is 0 Å². The molecule has 0 amide bonds. The van der Waals surface area contributed by atoms with Crippen LogP contribution in [0.5, 0.6) is 0 Å². The number of aryl methyl sites for hydroxylation is 2. The zero-order valence-corrected chi connectivity index (χ0v) is 9.46. The zero-order valence-electron chi connectivity index (χ0n) is 9.46. The third-order valence-corrected chi connectivity index (χ3v) is 2.90. The highest BCUT2D eigenvalue weighted by Crippen LogP contribution is 2.29. The van der Waals surface area contributed by atoms with Crippen LogP contribution in [0.3, 0.4) is 0 Å². The highest BCUT2D eigenvalue weighted by molar-refractivity contribution is 5.33. The van der Waals surface area contributed by atoms with Gasteiger partial charge in [-0.25, -0.2) is 4.98 Å². The van der Waals surface area contributed by atoms with Crippen LogP contribution in [-0.4, -0.2) is 15.6 Å². The summed E-state index contributed by atoms with van der Waals surface area (Å²) in [6, 6.07) is 0.539. The van der Waals surface area contributed by atoms with Crippen molar-refractivity contribution >= 4 is 5.95 Å². The lowest BCUT2D eigenvalue weighted by Crippen LogP contribution is -2.38. The Kier molecular flexibility index (Phi) is 2.05. The van der Waals surface area contributed by atoms with Crippen molar-refractivity contribution in [3.8, 4) is 0 Å². The lowest BCUT2D eigenvalue weighted by atomic mass is 9.84. The van der Waals surface area contributed by atoms with Gasteiger partial charge in [0.2, 0.25) is 5.95 Å². The van der Waals surface area contributed by atoms with E-state index in [0.29, 0.717) is 11.5 Å². The minimum atomic E-state index is 0.311. The maximum atomic E-state index is 4.47. The molecule has 14 heavy (non-hydrogen) atoms. The molecule has 1 aromatic heterocycles. The Morgan fingerprint density at radius 1 is 1.50 bits per heavy atom. The van der Waals surface area contributed by atoms with Crippen LogP contribution in [-0.2, 0) is 6.54 Å².